The zero-order chi connectivity index (χ0) is 12.6. The van der Waals surface area contributed by atoms with Crippen LogP contribution in [-0.2, 0) is 0 Å². The number of anilines is 1. The first kappa shape index (κ1) is 13.3. The van der Waals surface area contributed by atoms with E-state index in [0.717, 1.165) is 22.3 Å². The minimum Gasteiger partial charge on any atom is -0.385 e. The maximum atomic E-state index is 4.08. The predicted octanol–water partition coefficient (Wildman–Crippen LogP) is 3.12. The standard InChI is InChI=1S/C12H16N4S2/c1-17-8-2-7-13-10-3-5-11(6-4-10)18-12-14-9-15-16-12/h3-6,9,13H,2,7-8H2,1H3,(H,14,15,16). The molecule has 0 saturated heterocycles. The number of hydrogen-bond donors (Lipinski definition) is 2. The zero-order valence-corrected chi connectivity index (χ0v) is 11.9. The van der Waals surface area contributed by atoms with Gasteiger partial charge in [-0.15, -0.1) is 0 Å². The first-order valence-corrected chi connectivity index (χ1v) is 7.95. The number of H-pyrrole nitrogens is 1. The summed E-state index contributed by atoms with van der Waals surface area (Å²) in [7, 11) is 0. The number of nitrogens with zero attached hydrogens (tertiary/aromatic N) is 2. The van der Waals surface area contributed by atoms with Crippen molar-refractivity contribution in [1.29, 1.82) is 0 Å². The van der Waals surface area contributed by atoms with E-state index in [1.165, 1.54) is 18.5 Å². The number of aromatic amines is 1. The van der Waals surface area contributed by atoms with Gasteiger partial charge in [0, 0.05) is 17.1 Å². The second kappa shape index (κ2) is 7.33. The first-order valence-electron chi connectivity index (χ1n) is 5.74. The Bertz CT molecular complexity index is 442. The molecule has 96 valence electrons. The van der Waals surface area contributed by atoms with Crippen molar-refractivity contribution in [1.82, 2.24) is 15.2 Å². The van der Waals surface area contributed by atoms with Crippen LogP contribution in [0.25, 0.3) is 0 Å². The van der Waals surface area contributed by atoms with E-state index in [1.807, 2.05) is 11.8 Å². The summed E-state index contributed by atoms with van der Waals surface area (Å²) in [5, 5.41) is 10.9. The fourth-order valence-corrected chi connectivity index (χ4v) is 2.57. The third kappa shape index (κ3) is 4.27. The Morgan fingerprint density at radius 1 is 1.28 bits per heavy atom. The quantitative estimate of drug-likeness (QED) is 0.763. The van der Waals surface area contributed by atoms with E-state index >= 15 is 0 Å². The first-order chi connectivity index (χ1) is 8.88. The maximum Gasteiger partial charge on any atom is 0.188 e. The SMILES string of the molecule is CSCCCNc1ccc(Sc2ncn[nH]2)cc1. The summed E-state index contributed by atoms with van der Waals surface area (Å²) in [4.78, 5) is 5.24. The van der Waals surface area contributed by atoms with Crippen LogP contribution in [-0.4, -0.2) is 33.7 Å². The molecule has 0 amide bonds. The van der Waals surface area contributed by atoms with Gasteiger partial charge >= 0.3 is 0 Å². The molecule has 6 heteroatoms. The Balaban J connectivity index is 1.82. The molecule has 2 aromatic rings. The molecule has 1 aromatic carbocycles. The smallest absolute Gasteiger partial charge is 0.188 e. The monoisotopic (exact) mass is 280 g/mol. The van der Waals surface area contributed by atoms with E-state index in [1.54, 1.807) is 11.8 Å². The Labute approximate surface area is 115 Å². The van der Waals surface area contributed by atoms with Gasteiger partial charge in [0.05, 0.1) is 0 Å². The van der Waals surface area contributed by atoms with Gasteiger partial charge in [0.1, 0.15) is 6.33 Å². The molecule has 0 unspecified atom stereocenters. The lowest BCUT2D eigenvalue weighted by Gasteiger charge is -2.06. The van der Waals surface area contributed by atoms with E-state index in [0.29, 0.717) is 0 Å². The van der Waals surface area contributed by atoms with E-state index in [9.17, 15) is 0 Å². The molecular weight excluding hydrogens is 264 g/mol. The summed E-state index contributed by atoms with van der Waals surface area (Å²) in [5.41, 5.74) is 1.16. The molecule has 2 rings (SSSR count). The highest BCUT2D eigenvalue weighted by Gasteiger charge is 1.99. The highest BCUT2D eigenvalue weighted by Crippen LogP contribution is 2.25. The number of thioether (sulfide) groups is 1. The van der Waals surface area contributed by atoms with Gasteiger partial charge in [-0.05, 0) is 42.7 Å². The lowest BCUT2D eigenvalue weighted by Crippen LogP contribution is -2.02. The summed E-state index contributed by atoms with van der Waals surface area (Å²) >= 11 is 3.46. The molecular formula is C12H16N4S2. The third-order valence-electron chi connectivity index (χ3n) is 2.32. The topological polar surface area (TPSA) is 53.6 Å². The molecule has 0 radical (unpaired) electrons. The molecule has 18 heavy (non-hydrogen) atoms. The Kier molecular flexibility index (Phi) is 5.41. The lowest BCUT2D eigenvalue weighted by molar-refractivity contribution is 0.973. The molecule has 0 aliphatic rings. The number of nitrogens with one attached hydrogen (secondary N) is 2. The summed E-state index contributed by atoms with van der Waals surface area (Å²) in [5.74, 6) is 1.20. The minimum atomic E-state index is 0.815. The van der Waals surface area contributed by atoms with Crippen molar-refractivity contribution >= 4 is 29.2 Å². The van der Waals surface area contributed by atoms with Gasteiger partial charge in [-0.3, -0.25) is 5.10 Å². The van der Waals surface area contributed by atoms with Crippen molar-refractivity contribution in [2.45, 2.75) is 16.5 Å². The Morgan fingerprint density at radius 3 is 2.78 bits per heavy atom. The molecule has 1 aromatic heterocycles. The van der Waals surface area contributed by atoms with E-state index in [4.69, 9.17) is 0 Å². The average molecular weight is 280 g/mol. The molecule has 0 bridgehead atoms. The highest BCUT2D eigenvalue weighted by atomic mass is 32.2. The molecule has 0 fully saturated rings. The minimum absolute atomic E-state index is 0.815. The van der Waals surface area contributed by atoms with Crippen LogP contribution in [0.15, 0.2) is 40.6 Å². The van der Waals surface area contributed by atoms with Gasteiger partial charge in [0.15, 0.2) is 5.16 Å². The van der Waals surface area contributed by atoms with Crippen LogP contribution in [0.5, 0.6) is 0 Å². The summed E-state index contributed by atoms with van der Waals surface area (Å²) in [6.45, 7) is 1.02. The van der Waals surface area contributed by atoms with Crippen LogP contribution < -0.4 is 5.32 Å². The molecule has 0 aliphatic carbocycles. The van der Waals surface area contributed by atoms with Gasteiger partial charge < -0.3 is 5.32 Å². The van der Waals surface area contributed by atoms with Gasteiger partial charge in [0.25, 0.3) is 0 Å². The molecule has 2 N–H and O–H groups in total. The van der Waals surface area contributed by atoms with Gasteiger partial charge in [0.2, 0.25) is 0 Å². The average Bonchev–Trinajstić information content (AvgIpc) is 2.89. The molecule has 0 aliphatic heterocycles. The van der Waals surface area contributed by atoms with Gasteiger partial charge in [-0.2, -0.15) is 16.9 Å². The van der Waals surface area contributed by atoms with Crippen molar-refractivity contribution in [3.05, 3.63) is 30.6 Å². The van der Waals surface area contributed by atoms with Crippen LogP contribution in [0.2, 0.25) is 0 Å². The van der Waals surface area contributed by atoms with Crippen LogP contribution >= 0.6 is 23.5 Å². The van der Waals surface area contributed by atoms with Crippen LogP contribution in [0.4, 0.5) is 5.69 Å². The van der Waals surface area contributed by atoms with E-state index in [-0.39, 0.29) is 0 Å². The number of rotatable bonds is 7. The number of hydrogen-bond acceptors (Lipinski definition) is 5. The third-order valence-corrected chi connectivity index (χ3v) is 3.91. The van der Waals surface area contributed by atoms with Crippen LogP contribution in [0.1, 0.15) is 6.42 Å². The van der Waals surface area contributed by atoms with Crippen LogP contribution in [0.3, 0.4) is 0 Å². The molecule has 1 heterocycles. The number of aromatic nitrogens is 3. The second-order valence-electron chi connectivity index (χ2n) is 3.69. The summed E-state index contributed by atoms with van der Waals surface area (Å²) < 4.78 is 0. The second-order valence-corrected chi connectivity index (χ2v) is 5.74. The molecule has 0 atom stereocenters. The maximum absolute atomic E-state index is 4.08. The van der Waals surface area contributed by atoms with Crippen molar-refractivity contribution in [2.24, 2.45) is 0 Å². The normalized spacial score (nSPS) is 10.5. The van der Waals surface area contributed by atoms with Gasteiger partial charge in [-0.25, -0.2) is 4.98 Å². The Morgan fingerprint density at radius 2 is 2.11 bits per heavy atom. The molecule has 4 nitrogen and oxygen atoms in total. The predicted molar refractivity (Wildman–Crippen MR) is 78.4 cm³/mol. The van der Waals surface area contributed by atoms with E-state index in [2.05, 4.69) is 51.0 Å². The van der Waals surface area contributed by atoms with Crippen molar-refractivity contribution < 1.29 is 0 Å². The fourth-order valence-electron chi connectivity index (χ4n) is 1.45. The van der Waals surface area contributed by atoms with E-state index < -0.39 is 0 Å². The van der Waals surface area contributed by atoms with Crippen molar-refractivity contribution in [3.8, 4) is 0 Å². The number of benzene rings is 1. The van der Waals surface area contributed by atoms with Gasteiger partial charge in [-0.1, -0.05) is 11.8 Å². The highest BCUT2D eigenvalue weighted by molar-refractivity contribution is 7.99. The van der Waals surface area contributed by atoms with Crippen molar-refractivity contribution in [2.75, 3.05) is 23.9 Å². The molecule has 0 saturated carbocycles. The van der Waals surface area contributed by atoms with Crippen LogP contribution in [0, 0.1) is 0 Å². The summed E-state index contributed by atoms with van der Waals surface area (Å²) in [6.07, 6.45) is 4.84. The molecule has 0 spiro atoms. The summed E-state index contributed by atoms with van der Waals surface area (Å²) in [6, 6.07) is 8.36. The fraction of sp³-hybridized carbons (Fsp3) is 0.333. The zero-order valence-electron chi connectivity index (χ0n) is 10.2. The van der Waals surface area contributed by atoms with Crippen molar-refractivity contribution in [3.63, 3.8) is 0 Å². The lowest BCUT2D eigenvalue weighted by atomic mass is 10.3. The largest absolute Gasteiger partial charge is 0.385 e. The Hall–Kier alpha value is -1.14.